The molecule has 0 nitrogen and oxygen atoms in total. The van der Waals surface area contributed by atoms with Crippen LogP contribution in [0.5, 0.6) is 0 Å². The monoisotopic (exact) mass is 344 g/mol. The molecule has 1 aliphatic rings. The number of hydrogen-bond donors (Lipinski definition) is 0. The van der Waals surface area contributed by atoms with E-state index in [2.05, 4.69) is 88.9 Å². The van der Waals surface area contributed by atoms with Crippen LogP contribution in [0.2, 0.25) is 0 Å². The van der Waals surface area contributed by atoms with Crippen LogP contribution in [0.25, 0.3) is 0 Å². The second-order valence-electron chi connectivity index (χ2n) is 5.41. The van der Waals surface area contributed by atoms with Gasteiger partial charge in [0.05, 0.1) is 0 Å². The topological polar surface area (TPSA) is 0 Å². The minimum absolute atomic E-state index is 0.160. The highest BCUT2D eigenvalue weighted by Gasteiger charge is 2.32. The molecule has 3 rings (SSSR count). The van der Waals surface area contributed by atoms with Crippen molar-refractivity contribution in [2.45, 2.75) is 24.0 Å². The average Bonchev–Trinajstić information content (AvgIpc) is 2.49. The van der Waals surface area contributed by atoms with Crippen LogP contribution in [-0.4, -0.2) is 0 Å². The van der Waals surface area contributed by atoms with E-state index in [0.717, 1.165) is 10.9 Å². The first kappa shape index (κ1) is 14.0. The summed E-state index contributed by atoms with van der Waals surface area (Å²) in [6.45, 7) is 2.35. The van der Waals surface area contributed by atoms with Gasteiger partial charge in [0.15, 0.2) is 0 Å². The van der Waals surface area contributed by atoms with Crippen LogP contribution >= 0.6 is 27.7 Å². The fraction of sp³-hybridized carbons (Fsp3) is 0.222. The third kappa shape index (κ3) is 2.87. The molecule has 0 fully saturated rings. The van der Waals surface area contributed by atoms with E-state index in [4.69, 9.17) is 0 Å². The van der Waals surface area contributed by atoms with Gasteiger partial charge in [0.2, 0.25) is 0 Å². The highest BCUT2D eigenvalue weighted by Crippen LogP contribution is 2.48. The Balaban J connectivity index is 1.88. The molecule has 0 unspecified atom stereocenters. The smallest absolute Gasteiger partial charge is 0.0430 e. The van der Waals surface area contributed by atoms with Gasteiger partial charge in [0.1, 0.15) is 0 Å². The van der Waals surface area contributed by atoms with E-state index >= 15 is 0 Å². The van der Waals surface area contributed by atoms with Crippen molar-refractivity contribution < 1.29 is 0 Å². The van der Waals surface area contributed by atoms with Gasteiger partial charge in [-0.15, -0.1) is 11.8 Å². The Morgan fingerprint density at radius 3 is 2.45 bits per heavy atom. The molecule has 0 bridgehead atoms. The van der Waals surface area contributed by atoms with E-state index in [9.17, 15) is 0 Å². The number of allylic oxidation sites excluding steroid dienone is 1. The molecule has 2 heteroatoms. The fourth-order valence-corrected chi connectivity index (χ4v) is 4.12. The maximum atomic E-state index is 3.51. The number of benzene rings is 2. The summed E-state index contributed by atoms with van der Waals surface area (Å²) >= 11 is 5.44. The first-order valence-corrected chi connectivity index (χ1v) is 8.50. The van der Waals surface area contributed by atoms with Crippen molar-refractivity contribution >= 4 is 27.7 Å². The maximum Gasteiger partial charge on any atom is 0.0430 e. The lowest BCUT2D eigenvalue weighted by Crippen LogP contribution is -2.22. The first-order valence-electron chi connectivity index (χ1n) is 6.83. The molecule has 0 spiro atoms. The number of halogens is 1. The summed E-state index contributed by atoms with van der Waals surface area (Å²) in [6.07, 6.45) is 3.47. The number of rotatable bonds is 2. The molecule has 2 atom stereocenters. The molecule has 1 aliphatic heterocycles. The van der Waals surface area contributed by atoms with Crippen molar-refractivity contribution in [3.63, 3.8) is 0 Å². The van der Waals surface area contributed by atoms with E-state index in [1.807, 2.05) is 11.8 Å². The molecule has 1 heterocycles. The maximum absolute atomic E-state index is 3.51. The second-order valence-corrected chi connectivity index (χ2v) is 7.73. The molecule has 0 saturated carbocycles. The van der Waals surface area contributed by atoms with Crippen LogP contribution in [0.3, 0.4) is 0 Å². The zero-order chi connectivity index (χ0) is 14.0. The largest absolute Gasteiger partial charge is 0.123 e. The molecule has 0 saturated heterocycles. The standard InChI is InChI=1S/C18H17BrS/c1-18(16-5-3-2-4-6-16)13-15(11-12-20-18)14-7-9-17(19)10-8-14/h2-12,15H,13H2,1H3/t15-,18-/m0/s1. The third-order valence-electron chi connectivity index (χ3n) is 3.93. The molecule has 0 radical (unpaired) electrons. The highest BCUT2D eigenvalue weighted by molar-refractivity contribution is 9.10. The van der Waals surface area contributed by atoms with Crippen molar-refractivity contribution in [2.75, 3.05) is 0 Å². The van der Waals surface area contributed by atoms with E-state index in [-0.39, 0.29) is 4.75 Å². The van der Waals surface area contributed by atoms with Crippen molar-refractivity contribution in [3.05, 3.63) is 81.7 Å². The van der Waals surface area contributed by atoms with Gasteiger partial charge in [-0.1, -0.05) is 64.5 Å². The summed E-state index contributed by atoms with van der Waals surface area (Å²) in [6, 6.07) is 19.5. The van der Waals surface area contributed by atoms with Crippen LogP contribution in [0.15, 0.2) is 70.6 Å². The van der Waals surface area contributed by atoms with Gasteiger partial charge in [-0.3, -0.25) is 0 Å². The Bertz CT molecular complexity index is 603. The number of hydrogen-bond acceptors (Lipinski definition) is 1. The van der Waals surface area contributed by atoms with Crippen LogP contribution < -0.4 is 0 Å². The molecule has 102 valence electrons. The zero-order valence-electron chi connectivity index (χ0n) is 11.4. The van der Waals surface area contributed by atoms with Gasteiger partial charge >= 0.3 is 0 Å². The SMILES string of the molecule is C[C@@]1(c2ccccc2)C[C@@H](c2ccc(Br)cc2)C=CS1. The van der Waals surface area contributed by atoms with Gasteiger partial charge in [0, 0.05) is 15.1 Å². The third-order valence-corrected chi connectivity index (χ3v) is 5.68. The summed E-state index contributed by atoms with van der Waals surface area (Å²) < 4.78 is 1.30. The molecular formula is C18H17BrS. The minimum Gasteiger partial charge on any atom is -0.123 e. The zero-order valence-corrected chi connectivity index (χ0v) is 13.8. The van der Waals surface area contributed by atoms with Crippen LogP contribution in [-0.2, 0) is 4.75 Å². The van der Waals surface area contributed by atoms with Gasteiger partial charge in [-0.25, -0.2) is 0 Å². The molecule has 0 amide bonds. The molecular weight excluding hydrogens is 328 g/mol. The molecule has 0 N–H and O–H groups in total. The van der Waals surface area contributed by atoms with E-state index in [0.29, 0.717) is 5.92 Å². The molecule has 20 heavy (non-hydrogen) atoms. The van der Waals surface area contributed by atoms with Gasteiger partial charge < -0.3 is 0 Å². The van der Waals surface area contributed by atoms with Crippen LogP contribution in [0.4, 0.5) is 0 Å². The lowest BCUT2D eigenvalue weighted by Gasteiger charge is -2.35. The van der Waals surface area contributed by atoms with Crippen molar-refractivity contribution in [3.8, 4) is 0 Å². The lowest BCUT2D eigenvalue weighted by atomic mass is 9.85. The van der Waals surface area contributed by atoms with E-state index < -0.39 is 0 Å². The Hall–Kier alpha value is -0.990. The average molecular weight is 345 g/mol. The summed E-state index contributed by atoms with van der Waals surface area (Å²) in [7, 11) is 0. The molecule has 2 aromatic rings. The van der Waals surface area contributed by atoms with Crippen molar-refractivity contribution in [1.29, 1.82) is 0 Å². The first-order chi connectivity index (χ1) is 9.67. The normalized spacial score (nSPS) is 25.6. The fourth-order valence-electron chi connectivity index (χ4n) is 2.74. The van der Waals surface area contributed by atoms with Crippen molar-refractivity contribution in [1.82, 2.24) is 0 Å². The number of thioether (sulfide) groups is 1. The predicted molar refractivity (Wildman–Crippen MR) is 92.0 cm³/mol. The second kappa shape index (κ2) is 5.79. The Labute approximate surface area is 133 Å². The summed E-state index contributed by atoms with van der Waals surface area (Å²) in [5, 5.41) is 2.27. The van der Waals surface area contributed by atoms with Gasteiger partial charge in [0.25, 0.3) is 0 Å². The molecule has 0 aromatic heterocycles. The Morgan fingerprint density at radius 1 is 1.05 bits per heavy atom. The quantitative estimate of drug-likeness (QED) is 0.634. The van der Waals surface area contributed by atoms with Crippen LogP contribution in [0, 0.1) is 0 Å². The summed E-state index contributed by atoms with van der Waals surface area (Å²) in [4.78, 5) is 0. The summed E-state index contributed by atoms with van der Waals surface area (Å²) in [5.41, 5.74) is 2.81. The Morgan fingerprint density at radius 2 is 1.75 bits per heavy atom. The predicted octanol–water partition coefficient (Wildman–Crippen LogP) is 6.10. The van der Waals surface area contributed by atoms with Gasteiger partial charge in [-0.05, 0) is 42.0 Å². The summed E-state index contributed by atoms with van der Waals surface area (Å²) in [5.74, 6) is 0.495. The van der Waals surface area contributed by atoms with E-state index in [1.165, 1.54) is 11.1 Å². The van der Waals surface area contributed by atoms with E-state index in [1.54, 1.807) is 0 Å². The van der Waals surface area contributed by atoms with Crippen molar-refractivity contribution in [2.24, 2.45) is 0 Å². The lowest BCUT2D eigenvalue weighted by molar-refractivity contribution is 0.575. The van der Waals surface area contributed by atoms with Crippen LogP contribution in [0.1, 0.15) is 30.4 Å². The van der Waals surface area contributed by atoms with Gasteiger partial charge in [-0.2, -0.15) is 0 Å². The Kier molecular flexibility index (Phi) is 4.04. The molecule has 2 aromatic carbocycles. The highest BCUT2D eigenvalue weighted by atomic mass is 79.9. The minimum atomic E-state index is 0.160. The molecule has 0 aliphatic carbocycles.